The van der Waals surface area contributed by atoms with Gasteiger partial charge in [-0.25, -0.2) is 4.98 Å². The zero-order valence-corrected chi connectivity index (χ0v) is 37.0. The summed E-state index contributed by atoms with van der Waals surface area (Å²) in [6.45, 7) is 8.37. The van der Waals surface area contributed by atoms with E-state index >= 15 is 0 Å². The maximum Gasteiger partial charge on any atom is 2.00 e. The standard InChI is InChI=1S/C54H40BN5O.Pt/c1-35-15-13-16-36(2)52(35)55-58-30-29-56-54(58)47-32-41(61-42-25-27-46-45-21-11-12-24-48(45)59(50(46)33-42)51-31-37(3)38(4)34-57-51)26-28-49(47)60(55)53-43(39-17-7-5-8-18-39)22-14-23-44(53)40-19-9-6-10-20-40;/h5-31,34H,1-4H3;/q-2;+2. The number of rotatable bonds is 7. The SMILES string of the molecule is Cc1cnc(-n2c3[c-]c(Oc4[c-]c5c(cc4)N(c4c(-c6ccccc6)cccc4-c4ccccc4)B(c4c(C)cccc4C)n4ccnc4-5)ccc3c3ccccc32)cc1C.[Pt+2]. The molecule has 0 unspecified atom stereocenters. The van der Waals surface area contributed by atoms with Crippen molar-refractivity contribution in [2.75, 3.05) is 4.81 Å². The minimum Gasteiger partial charge on any atom is -0.503 e. The van der Waals surface area contributed by atoms with E-state index < -0.39 is 0 Å². The van der Waals surface area contributed by atoms with Crippen LogP contribution >= 0.6 is 0 Å². The maximum absolute atomic E-state index is 6.75. The zero-order chi connectivity index (χ0) is 41.2. The van der Waals surface area contributed by atoms with Crippen molar-refractivity contribution in [2.45, 2.75) is 27.7 Å². The van der Waals surface area contributed by atoms with Gasteiger partial charge < -0.3 is 18.6 Å². The van der Waals surface area contributed by atoms with Crippen molar-refractivity contribution in [1.82, 2.24) is 19.0 Å². The number of aryl methyl sites for hydroxylation is 4. The Bertz CT molecular complexity index is 3230. The van der Waals surface area contributed by atoms with Gasteiger partial charge in [0.2, 0.25) is 0 Å². The molecule has 8 heteroatoms. The van der Waals surface area contributed by atoms with E-state index in [1.54, 1.807) is 0 Å². The molecule has 4 heterocycles. The molecule has 300 valence electrons. The maximum atomic E-state index is 6.75. The van der Waals surface area contributed by atoms with E-state index in [0.717, 1.165) is 78.2 Å². The third-order valence-corrected chi connectivity index (χ3v) is 12.2. The molecule has 6 nitrogen and oxygen atoms in total. The summed E-state index contributed by atoms with van der Waals surface area (Å²) in [6, 6.07) is 60.8. The van der Waals surface area contributed by atoms with Gasteiger partial charge in [0.25, 0.3) is 0 Å². The first-order valence-corrected chi connectivity index (χ1v) is 20.7. The van der Waals surface area contributed by atoms with Crippen molar-refractivity contribution >= 4 is 45.6 Å². The predicted molar refractivity (Wildman–Crippen MR) is 250 cm³/mol. The number of ether oxygens (including phenoxy) is 1. The summed E-state index contributed by atoms with van der Waals surface area (Å²) in [7, 11) is 0. The first-order valence-electron chi connectivity index (χ1n) is 20.7. The van der Waals surface area contributed by atoms with E-state index in [1.807, 2.05) is 24.5 Å². The fourth-order valence-electron chi connectivity index (χ4n) is 9.13. The summed E-state index contributed by atoms with van der Waals surface area (Å²) < 4.78 is 11.2. The fourth-order valence-corrected chi connectivity index (χ4v) is 9.13. The summed E-state index contributed by atoms with van der Waals surface area (Å²) in [5, 5.41) is 2.22. The predicted octanol–water partition coefficient (Wildman–Crippen LogP) is 12.4. The topological polar surface area (TPSA) is 48.1 Å². The third-order valence-electron chi connectivity index (χ3n) is 12.2. The summed E-state index contributed by atoms with van der Waals surface area (Å²) in [5.41, 5.74) is 15.4. The largest absolute Gasteiger partial charge is 2.00 e. The van der Waals surface area contributed by atoms with Gasteiger partial charge in [-0.3, -0.25) is 4.98 Å². The number of fused-ring (bicyclic) bond motifs is 6. The van der Waals surface area contributed by atoms with Crippen LogP contribution in [0.25, 0.3) is 61.3 Å². The Morgan fingerprint density at radius 1 is 0.581 bits per heavy atom. The van der Waals surface area contributed by atoms with Gasteiger partial charge in [-0.2, -0.15) is 6.07 Å². The van der Waals surface area contributed by atoms with Crippen LogP contribution in [0, 0.1) is 39.8 Å². The Balaban J connectivity index is 0.00000458. The molecule has 0 saturated heterocycles. The average Bonchev–Trinajstić information content (AvgIpc) is 3.91. The van der Waals surface area contributed by atoms with Gasteiger partial charge in [0.1, 0.15) is 5.82 Å². The van der Waals surface area contributed by atoms with Crippen LogP contribution in [-0.4, -0.2) is 26.0 Å². The number of para-hydroxylation sites is 2. The molecule has 0 radical (unpaired) electrons. The minimum absolute atomic E-state index is 0. The van der Waals surface area contributed by atoms with E-state index in [9.17, 15) is 0 Å². The number of hydrogen-bond acceptors (Lipinski definition) is 4. The smallest absolute Gasteiger partial charge is 0.503 e. The molecule has 0 amide bonds. The van der Waals surface area contributed by atoms with Crippen LogP contribution in [0.4, 0.5) is 11.4 Å². The molecule has 10 aromatic rings. The Morgan fingerprint density at radius 2 is 1.23 bits per heavy atom. The molecule has 0 aliphatic carbocycles. The number of anilines is 2. The fraction of sp³-hybridized carbons (Fsp3) is 0.0741. The molecule has 1 aliphatic rings. The summed E-state index contributed by atoms with van der Waals surface area (Å²) in [4.78, 5) is 12.4. The molecule has 0 atom stereocenters. The number of imidazole rings is 1. The second kappa shape index (κ2) is 15.8. The van der Waals surface area contributed by atoms with Gasteiger partial charge in [-0.1, -0.05) is 150 Å². The molecule has 62 heavy (non-hydrogen) atoms. The van der Waals surface area contributed by atoms with Gasteiger partial charge in [-0.15, -0.1) is 23.6 Å². The third kappa shape index (κ3) is 6.47. The average molecular weight is 981 g/mol. The molecule has 0 fully saturated rings. The monoisotopic (exact) mass is 980 g/mol. The van der Waals surface area contributed by atoms with E-state index in [1.165, 1.54) is 22.2 Å². The van der Waals surface area contributed by atoms with Gasteiger partial charge in [0, 0.05) is 58.2 Å². The second-order valence-electron chi connectivity index (χ2n) is 15.9. The summed E-state index contributed by atoms with van der Waals surface area (Å²) >= 11 is 0. The second-order valence-corrected chi connectivity index (χ2v) is 15.9. The quantitative estimate of drug-likeness (QED) is 0.118. The van der Waals surface area contributed by atoms with Gasteiger partial charge in [-0.05, 0) is 78.6 Å². The van der Waals surface area contributed by atoms with E-state index in [2.05, 4.69) is 199 Å². The van der Waals surface area contributed by atoms with Crippen molar-refractivity contribution < 1.29 is 25.8 Å². The van der Waals surface area contributed by atoms with Crippen molar-refractivity contribution in [2.24, 2.45) is 0 Å². The van der Waals surface area contributed by atoms with Gasteiger partial charge in [0.15, 0.2) is 0 Å². The molecule has 7 aromatic carbocycles. The molecule has 0 spiro atoms. The van der Waals surface area contributed by atoms with Gasteiger partial charge in [0.05, 0.1) is 0 Å². The number of benzene rings is 7. The molecular formula is C54H40BN5OPt. The molecule has 0 bridgehead atoms. The molecule has 0 N–H and O–H groups in total. The van der Waals surface area contributed by atoms with Gasteiger partial charge >= 0.3 is 28.0 Å². The van der Waals surface area contributed by atoms with Crippen LogP contribution in [-0.2, 0) is 21.1 Å². The number of hydrogen-bond donors (Lipinski definition) is 0. The van der Waals surface area contributed by atoms with E-state index in [-0.39, 0.29) is 28.0 Å². The summed E-state index contributed by atoms with van der Waals surface area (Å²) in [5.74, 6) is 2.82. The van der Waals surface area contributed by atoms with Crippen LogP contribution in [0.15, 0.2) is 170 Å². The minimum atomic E-state index is -0.254. The first-order chi connectivity index (χ1) is 29.9. The Morgan fingerprint density at radius 3 is 1.94 bits per heavy atom. The Hall–Kier alpha value is -6.95. The van der Waals surface area contributed by atoms with Crippen molar-refractivity contribution in [3.8, 4) is 51.0 Å². The molecule has 3 aromatic heterocycles. The van der Waals surface area contributed by atoms with E-state index in [0.29, 0.717) is 11.5 Å². The van der Waals surface area contributed by atoms with Crippen molar-refractivity contribution in [3.63, 3.8) is 0 Å². The van der Waals surface area contributed by atoms with Crippen LogP contribution < -0.4 is 15.0 Å². The van der Waals surface area contributed by atoms with E-state index in [4.69, 9.17) is 14.7 Å². The van der Waals surface area contributed by atoms with Crippen LogP contribution in [0.3, 0.4) is 0 Å². The summed E-state index contributed by atoms with van der Waals surface area (Å²) in [6.07, 6.45) is 5.93. The molecular weight excluding hydrogens is 941 g/mol. The number of nitrogens with zero attached hydrogens (tertiary/aromatic N) is 5. The molecule has 11 rings (SSSR count). The Kier molecular flexibility index (Phi) is 10.0. The normalized spacial score (nSPS) is 12.0. The van der Waals surface area contributed by atoms with Crippen molar-refractivity contribution in [1.29, 1.82) is 0 Å². The zero-order valence-electron chi connectivity index (χ0n) is 34.7. The molecule has 1 aliphatic heterocycles. The number of pyridine rings is 1. The van der Waals surface area contributed by atoms with Crippen molar-refractivity contribution in [3.05, 3.63) is 205 Å². The van der Waals surface area contributed by atoms with Crippen LogP contribution in [0.2, 0.25) is 0 Å². The van der Waals surface area contributed by atoms with Crippen LogP contribution in [0.5, 0.6) is 11.5 Å². The first kappa shape index (κ1) is 39.2. The van der Waals surface area contributed by atoms with Crippen LogP contribution in [0.1, 0.15) is 22.3 Å². The Labute approximate surface area is 376 Å². The molecule has 0 saturated carbocycles. The number of aromatic nitrogens is 4.